The van der Waals surface area contributed by atoms with Crippen molar-refractivity contribution in [3.63, 3.8) is 0 Å². The summed E-state index contributed by atoms with van der Waals surface area (Å²) in [5.41, 5.74) is 0.763. The summed E-state index contributed by atoms with van der Waals surface area (Å²) in [6.07, 6.45) is 20.6. The summed E-state index contributed by atoms with van der Waals surface area (Å²) in [5.74, 6) is 4.96. The number of unbranched alkanes of at least 4 members (excludes halogenated alkanes) is 1. The molecule has 0 radical (unpaired) electrons. The summed E-state index contributed by atoms with van der Waals surface area (Å²) in [7, 11) is 0. The Hall–Kier alpha value is -0.830. The molecule has 3 nitrogen and oxygen atoms in total. The molecule has 0 aliphatic heterocycles. The predicted molar refractivity (Wildman–Crippen MR) is 133 cm³/mol. The summed E-state index contributed by atoms with van der Waals surface area (Å²) in [5, 5.41) is 16.3. The highest BCUT2D eigenvalue weighted by Gasteiger charge is 2.58. The van der Waals surface area contributed by atoms with Crippen molar-refractivity contribution in [2.24, 2.45) is 40.9 Å². The van der Waals surface area contributed by atoms with Crippen LogP contribution in [-0.4, -0.2) is 20.5 Å². The molecule has 6 atom stereocenters. The van der Waals surface area contributed by atoms with Crippen LogP contribution in [0.2, 0.25) is 0 Å². The summed E-state index contributed by atoms with van der Waals surface area (Å²) in [4.78, 5) is 0. The van der Waals surface area contributed by atoms with Crippen LogP contribution < -0.4 is 0 Å². The largest absolute Gasteiger partial charge is 0.388 e. The van der Waals surface area contributed by atoms with Crippen molar-refractivity contribution in [3.05, 3.63) is 18.0 Å². The van der Waals surface area contributed by atoms with Crippen LogP contribution in [-0.2, 0) is 6.54 Å². The first-order valence-corrected chi connectivity index (χ1v) is 14.0. The standard InChI is InChI=1S/C29H50N2O/c1-6-8-9-25-24(23-12-10-22(7-2)11-13-23)16-17-28(4)26(25)14-15-27(28)29(5,32)20-31-19-21(3)18-30-31/h18-19,22-27,32H,6-17,20H2,1-5H3/t22-,23-,24?,25-,26?,27+,28+,29+/m1/s1. The van der Waals surface area contributed by atoms with Crippen molar-refractivity contribution >= 4 is 0 Å². The molecule has 3 aliphatic rings. The zero-order chi connectivity index (χ0) is 22.9. The Morgan fingerprint density at radius 1 is 1.12 bits per heavy atom. The van der Waals surface area contributed by atoms with E-state index >= 15 is 0 Å². The lowest BCUT2D eigenvalue weighted by molar-refractivity contribution is -0.102. The first-order chi connectivity index (χ1) is 15.3. The third-order valence-corrected chi connectivity index (χ3v) is 10.5. The molecule has 32 heavy (non-hydrogen) atoms. The maximum atomic E-state index is 11.8. The van der Waals surface area contributed by atoms with Gasteiger partial charge in [0.25, 0.3) is 0 Å². The predicted octanol–water partition coefficient (Wildman–Crippen LogP) is 7.41. The van der Waals surface area contributed by atoms with Gasteiger partial charge in [-0.1, -0.05) is 52.9 Å². The van der Waals surface area contributed by atoms with Crippen molar-refractivity contribution in [2.45, 2.75) is 124 Å². The monoisotopic (exact) mass is 442 g/mol. The average Bonchev–Trinajstić information content (AvgIpc) is 3.34. The SMILES string of the molecule is CCCC[C@H]1C2CC[C@H]([C@@](C)(O)Cn3cc(C)cn3)[C@@]2(C)CCC1[C@H]1CC[C@H](CC)CC1. The number of hydrogen-bond acceptors (Lipinski definition) is 2. The molecule has 0 bridgehead atoms. The molecule has 1 heterocycles. The lowest BCUT2D eigenvalue weighted by Crippen LogP contribution is -2.51. The fraction of sp³-hybridized carbons (Fsp3) is 0.897. The Morgan fingerprint density at radius 3 is 2.50 bits per heavy atom. The molecule has 2 unspecified atom stereocenters. The van der Waals surface area contributed by atoms with Crippen LogP contribution in [0.25, 0.3) is 0 Å². The van der Waals surface area contributed by atoms with E-state index in [9.17, 15) is 5.11 Å². The van der Waals surface area contributed by atoms with E-state index in [1.165, 1.54) is 82.6 Å². The van der Waals surface area contributed by atoms with Crippen molar-refractivity contribution in [3.8, 4) is 0 Å². The minimum Gasteiger partial charge on any atom is -0.388 e. The fourth-order valence-electron chi connectivity index (χ4n) is 8.79. The van der Waals surface area contributed by atoms with Gasteiger partial charge in [-0.05, 0) is 105 Å². The van der Waals surface area contributed by atoms with Crippen molar-refractivity contribution < 1.29 is 5.11 Å². The highest BCUT2D eigenvalue weighted by molar-refractivity contribution is 5.08. The quantitative estimate of drug-likeness (QED) is 0.455. The number of rotatable bonds is 8. The topological polar surface area (TPSA) is 38.0 Å². The highest BCUT2D eigenvalue weighted by Crippen LogP contribution is 2.64. The minimum absolute atomic E-state index is 0.279. The molecule has 182 valence electrons. The van der Waals surface area contributed by atoms with E-state index < -0.39 is 5.60 Å². The second-order valence-corrected chi connectivity index (χ2v) is 12.5. The number of aryl methyl sites for hydroxylation is 1. The van der Waals surface area contributed by atoms with Gasteiger partial charge in [0, 0.05) is 6.20 Å². The molecule has 0 saturated heterocycles. The van der Waals surface area contributed by atoms with Gasteiger partial charge in [-0.15, -0.1) is 0 Å². The average molecular weight is 443 g/mol. The van der Waals surface area contributed by atoms with Gasteiger partial charge in [-0.2, -0.15) is 5.10 Å². The highest BCUT2D eigenvalue weighted by atomic mass is 16.3. The van der Waals surface area contributed by atoms with Gasteiger partial charge in [-0.25, -0.2) is 0 Å². The first-order valence-electron chi connectivity index (χ1n) is 14.0. The summed E-state index contributed by atoms with van der Waals surface area (Å²) < 4.78 is 1.97. The van der Waals surface area contributed by atoms with Gasteiger partial charge in [0.05, 0.1) is 18.3 Å². The molecule has 3 heteroatoms. The maximum absolute atomic E-state index is 11.8. The molecule has 3 aliphatic carbocycles. The van der Waals surface area contributed by atoms with E-state index in [0.29, 0.717) is 12.5 Å². The third kappa shape index (κ3) is 4.70. The third-order valence-electron chi connectivity index (χ3n) is 10.5. The summed E-state index contributed by atoms with van der Waals surface area (Å²) >= 11 is 0. The van der Waals surface area contributed by atoms with Crippen molar-refractivity contribution in [2.75, 3.05) is 0 Å². The van der Waals surface area contributed by atoms with Gasteiger partial charge < -0.3 is 5.11 Å². The van der Waals surface area contributed by atoms with Gasteiger partial charge in [0.1, 0.15) is 0 Å². The van der Waals surface area contributed by atoms with Gasteiger partial charge >= 0.3 is 0 Å². The van der Waals surface area contributed by atoms with Crippen LogP contribution in [0.1, 0.15) is 110 Å². The molecule has 0 amide bonds. The van der Waals surface area contributed by atoms with Gasteiger partial charge in [-0.3, -0.25) is 4.68 Å². The normalized spacial score (nSPS) is 39.6. The lowest BCUT2D eigenvalue weighted by Gasteiger charge is -2.53. The van der Waals surface area contributed by atoms with E-state index in [0.717, 1.165) is 29.6 Å². The molecule has 1 aromatic rings. The second-order valence-electron chi connectivity index (χ2n) is 12.5. The molecular formula is C29H50N2O. The summed E-state index contributed by atoms with van der Waals surface area (Å²) in [6.45, 7) is 12.1. The van der Waals surface area contributed by atoms with Crippen molar-refractivity contribution in [1.29, 1.82) is 0 Å². The van der Waals surface area contributed by atoms with Crippen LogP contribution in [0, 0.1) is 47.8 Å². The van der Waals surface area contributed by atoms with E-state index in [1.807, 2.05) is 10.9 Å². The molecule has 0 spiro atoms. The van der Waals surface area contributed by atoms with E-state index in [-0.39, 0.29) is 5.41 Å². The Balaban J connectivity index is 1.51. The fourth-order valence-corrected chi connectivity index (χ4v) is 8.79. The minimum atomic E-state index is -0.691. The molecular weight excluding hydrogens is 392 g/mol. The maximum Gasteiger partial charge on any atom is 0.0848 e. The van der Waals surface area contributed by atoms with Crippen LogP contribution in [0.3, 0.4) is 0 Å². The van der Waals surface area contributed by atoms with E-state index in [4.69, 9.17) is 0 Å². The number of nitrogens with zero attached hydrogens (tertiary/aromatic N) is 2. The van der Waals surface area contributed by atoms with E-state index in [2.05, 4.69) is 45.9 Å². The van der Waals surface area contributed by atoms with Gasteiger partial charge in [0.15, 0.2) is 0 Å². The van der Waals surface area contributed by atoms with Gasteiger partial charge in [0.2, 0.25) is 0 Å². The zero-order valence-electron chi connectivity index (χ0n) is 21.7. The zero-order valence-corrected chi connectivity index (χ0v) is 21.7. The molecule has 0 aromatic carbocycles. The molecule has 3 fully saturated rings. The smallest absolute Gasteiger partial charge is 0.0848 e. The number of hydrogen-bond donors (Lipinski definition) is 1. The van der Waals surface area contributed by atoms with Crippen LogP contribution in [0.5, 0.6) is 0 Å². The molecule has 1 aromatic heterocycles. The number of aliphatic hydroxyl groups is 1. The van der Waals surface area contributed by atoms with Crippen LogP contribution >= 0.6 is 0 Å². The Morgan fingerprint density at radius 2 is 1.88 bits per heavy atom. The van der Waals surface area contributed by atoms with Crippen LogP contribution in [0.4, 0.5) is 0 Å². The number of aromatic nitrogens is 2. The Labute approximate surface area is 197 Å². The van der Waals surface area contributed by atoms with Crippen molar-refractivity contribution in [1.82, 2.24) is 9.78 Å². The van der Waals surface area contributed by atoms with Crippen LogP contribution in [0.15, 0.2) is 12.4 Å². The molecule has 1 N–H and O–H groups in total. The summed E-state index contributed by atoms with van der Waals surface area (Å²) in [6, 6.07) is 0. The lowest BCUT2D eigenvalue weighted by atomic mass is 9.52. The molecule has 3 saturated carbocycles. The van der Waals surface area contributed by atoms with E-state index in [1.54, 1.807) is 0 Å². The second kappa shape index (κ2) is 9.80. The molecule has 4 rings (SSSR count). The Kier molecular flexibility index (Phi) is 7.45. The first kappa shape index (κ1) is 24.3. The number of fused-ring (bicyclic) bond motifs is 1. The Bertz CT molecular complexity index is 731.